The van der Waals surface area contributed by atoms with Crippen LogP contribution in [0.5, 0.6) is 5.75 Å². The normalized spacial score (nSPS) is 18.2. The number of rotatable bonds is 4. The van der Waals surface area contributed by atoms with Gasteiger partial charge in [-0.2, -0.15) is 0 Å². The van der Waals surface area contributed by atoms with Crippen molar-refractivity contribution in [2.45, 2.75) is 38.2 Å². The van der Waals surface area contributed by atoms with Gasteiger partial charge in [0.05, 0.1) is 6.20 Å². The smallest absolute Gasteiger partial charge is 0.263 e. The van der Waals surface area contributed by atoms with Crippen LogP contribution in [0.3, 0.4) is 0 Å². The maximum Gasteiger partial charge on any atom is 0.263 e. The molecule has 2 aliphatic rings. The second kappa shape index (κ2) is 8.74. The van der Waals surface area contributed by atoms with Gasteiger partial charge in [0, 0.05) is 59.9 Å². The molecule has 1 fully saturated rings. The summed E-state index contributed by atoms with van der Waals surface area (Å²) in [7, 11) is 0. The fraction of sp³-hybridized carbons (Fsp3) is 0.333. The molecule has 0 aliphatic carbocycles. The Labute approximate surface area is 191 Å². The quantitative estimate of drug-likeness (QED) is 0.640. The largest absolute Gasteiger partial charge is 0.480 e. The number of hydrogen-bond acceptors (Lipinski definition) is 6. The van der Waals surface area contributed by atoms with Crippen LogP contribution in [0.25, 0.3) is 0 Å². The van der Waals surface area contributed by atoms with E-state index in [9.17, 15) is 4.79 Å². The van der Waals surface area contributed by atoms with Gasteiger partial charge in [-0.3, -0.25) is 14.8 Å². The van der Waals surface area contributed by atoms with Gasteiger partial charge in [-0.25, -0.2) is 4.98 Å². The number of anilines is 2. The summed E-state index contributed by atoms with van der Waals surface area (Å²) in [5.41, 5.74) is 3.94. The topological polar surface area (TPSA) is 80.2 Å². The molecule has 1 N–H and O–H groups in total. The third-order valence-corrected chi connectivity index (χ3v) is 6.24. The van der Waals surface area contributed by atoms with Crippen molar-refractivity contribution in [2.75, 3.05) is 18.4 Å². The van der Waals surface area contributed by atoms with E-state index in [1.165, 1.54) is 0 Å². The Hall–Kier alpha value is -3.19. The molecule has 32 heavy (non-hydrogen) atoms. The van der Waals surface area contributed by atoms with E-state index in [1.807, 2.05) is 30.0 Å². The zero-order chi connectivity index (χ0) is 22.1. The number of aromatic nitrogens is 3. The number of aryl methyl sites for hydroxylation is 1. The molecule has 2 aromatic heterocycles. The number of piperidine rings is 1. The van der Waals surface area contributed by atoms with Crippen molar-refractivity contribution in [2.24, 2.45) is 0 Å². The molecule has 5 rings (SSSR count). The lowest BCUT2D eigenvalue weighted by Gasteiger charge is -2.33. The van der Waals surface area contributed by atoms with Gasteiger partial charge in [0.15, 0.2) is 6.10 Å². The molecule has 8 heteroatoms. The van der Waals surface area contributed by atoms with Crippen molar-refractivity contribution in [1.29, 1.82) is 0 Å². The molecule has 1 atom stereocenters. The average molecular weight is 450 g/mol. The number of benzene rings is 1. The minimum Gasteiger partial charge on any atom is -0.480 e. The van der Waals surface area contributed by atoms with Gasteiger partial charge in [-0.1, -0.05) is 11.6 Å². The van der Waals surface area contributed by atoms with Crippen LogP contribution in [0.2, 0.25) is 5.02 Å². The number of hydrogen-bond donors (Lipinski definition) is 1. The number of ether oxygens (including phenoxy) is 1. The molecular formula is C24H24ClN5O2. The Bertz CT molecular complexity index is 1130. The molecule has 2 aliphatic heterocycles. The highest BCUT2D eigenvalue weighted by Gasteiger charge is 2.34. The predicted octanol–water partition coefficient (Wildman–Crippen LogP) is 4.29. The molecule has 164 valence electrons. The maximum absolute atomic E-state index is 13.0. The van der Waals surface area contributed by atoms with Crippen molar-refractivity contribution >= 4 is 29.0 Å². The number of carbonyl (C=O) groups is 1. The second-order valence-electron chi connectivity index (χ2n) is 8.30. The number of likely N-dealkylation sites (tertiary alicyclic amines) is 1. The van der Waals surface area contributed by atoms with Gasteiger partial charge in [0.25, 0.3) is 5.91 Å². The van der Waals surface area contributed by atoms with Crippen LogP contribution < -0.4 is 10.1 Å². The van der Waals surface area contributed by atoms with Crippen LogP contribution in [0.15, 0.2) is 48.9 Å². The molecule has 1 unspecified atom stereocenters. The minimum atomic E-state index is -0.458. The van der Waals surface area contributed by atoms with Crippen LogP contribution in [0.1, 0.15) is 35.7 Å². The Morgan fingerprint density at radius 1 is 1.19 bits per heavy atom. The van der Waals surface area contributed by atoms with Gasteiger partial charge in [-0.05, 0) is 55.7 Å². The van der Waals surface area contributed by atoms with E-state index in [4.69, 9.17) is 21.3 Å². The Balaban J connectivity index is 1.22. The predicted molar refractivity (Wildman–Crippen MR) is 122 cm³/mol. The highest BCUT2D eigenvalue weighted by molar-refractivity contribution is 6.30. The molecule has 1 amide bonds. The molecular weight excluding hydrogens is 426 g/mol. The van der Waals surface area contributed by atoms with Crippen molar-refractivity contribution in [3.05, 3.63) is 70.9 Å². The average Bonchev–Trinajstić information content (AvgIpc) is 3.22. The third kappa shape index (κ3) is 4.39. The summed E-state index contributed by atoms with van der Waals surface area (Å²) < 4.78 is 5.89. The summed E-state index contributed by atoms with van der Waals surface area (Å²) in [6.45, 7) is 3.39. The minimum absolute atomic E-state index is 0.0537. The fourth-order valence-corrected chi connectivity index (χ4v) is 4.64. The second-order valence-corrected chi connectivity index (χ2v) is 8.74. The monoisotopic (exact) mass is 449 g/mol. The molecule has 0 saturated carbocycles. The first-order valence-electron chi connectivity index (χ1n) is 10.8. The lowest BCUT2D eigenvalue weighted by Crippen LogP contribution is -2.45. The summed E-state index contributed by atoms with van der Waals surface area (Å²) in [5.74, 6) is 1.82. The van der Waals surface area contributed by atoms with Crippen molar-refractivity contribution in [3.63, 3.8) is 0 Å². The van der Waals surface area contributed by atoms with Gasteiger partial charge in [0.1, 0.15) is 11.6 Å². The summed E-state index contributed by atoms with van der Waals surface area (Å²) in [4.78, 5) is 28.1. The first-order valence-corrected chi connectivity index (χ1v) is 11.2. The number of nitrogens with zero attached hydrogens (tertiary/aromatic N) is 4. The number of amides is 1. The Morgan fingerprint density at radius 3 is 2.81 bits per heavy atom. The van der Waals surface area contributed by atoms with Crippen molar-refractivity contribution in [1.82, 2.24) is 19.9 Å². The maximum atomic E-state index is 13.0. The number of halogens is 1. The molecule has 1 aromatic carbocycles. The molecule has 7 nitrogen and oxygen atoms in total. The highest BCUT2D eigenvalue weighted by Crippen LogP contribution is 2.34. The van der Waals surface area contributed by atoms with Crippen molar-refractivity contribution < 1.29 is 9.53 Å². The Kier molecular flexibility index (Phi) is 5.66. The van der Waals surface area contributed by atoms with E-state index in [0.717, 1.165) is 41.2 Å². The van der Waals surface area contributed by atoms with E-state index in [2.05, 4.69) is 21.4 Å². The summed E-state index contributed by atoms with van der Waals surface area (Å²) in [6.07, 6.45) is 6.86. The lowest BCUT2D eigenvalue weighted by atomic mass is 9.92. The molecule has 4 heterocycles. The summed E-state index contributed by atoms with van der Waals surface area (Å²) in [6, 6.07) is 9.59. The van der Waals surface area contributed by atoms with Crippen LogP contribution in [-0.4, -0.2) is 45.0 Å². The van der Waals surface area contributed by atoms with Crippen molar-refractivity contribution in [3.8, 4) is 5.75 Å². The van der Waals surface area contributed by atoms with E-state index in [-0.39, 0.29) is 5.91 Å². The zero-order valence-electron chi connectivity index (χ0n) is 17.8. The highest BCUT2D eigenvalue weighted by atomic mass is 35.5. The van der Waals surface area contributed by atoms with Crippen LogP contribution in [-0.2, 0) is 11.2 Å². The number of nitrogens with one attached hydrogen (secondary N) is 1. The van der Waals surface area contributed by atoms with Gasteiger partial charge in [-0.15, -0.1) is 0 Å². The zero-order valence-corrected chi connectivity index (χ0v) is 18.5. The van der Waals surface area contributed by atoms with Gasteiger partial charge >= 0.3 is 0 Å². The SMILES string of the molecule is Cc1cc(Nc2cnccn2)cc(C2CCN(C(=O)C3Cc4cc(Cl)ccc4O3)CC2)n1. The van der Waals surface area contributed by atoms with E-state index in [0.29, 0.717) is 36.3 Å². The number of carbonyl (C=O) groups excluding carboxylic acids is 1. The number of fused-ring (bicyclic) bond motifs is 1. The fourth-order valence-electron chi connectivity index (χ4n) is 4.44. The van der Waals surface area contributed by atoms with E-state index >= 15 is 0 Å². The molecule has 1 saturated heterocycles. The van der Waals surface area contributed by atoms with E-state index in [1.54, 1.807) is 24.7 Å². The molecule has 0 radical (unpaired) electrons. The summed E-state index contributed by atoms with van der Waals surface area (Å²) >= 11 is 6.07. The van der Waals surface area contributed by atoms with Crippen LogP contribution >= 0.6 is 11.6 Å². The molecule has 0 bridgehead atoms. The third-order valence-electron chi connectivity index (χ3n) is 6.01. The van der Waals surface area contributed by atoms with Gasteiger partial charge in [0.2, 0.25) is 0 Å². The van der Waals surface area contributed by atoms with Gasteiger partial charge < -0.3 is 15.0 Å². The first-order chi connectivity index (χ1) is 15.5. The Morgan fingerprint density at radius 2 is 2.03 bits per heavy atom. The summed E-state index contributed by atoms with van der Waals surface area (Å²) in [5, 5.41) is 3.96. The molecule has 0 spiro atoms. The lowest BCUT2D eigenvalue weighted by molar-refractivity contribution is -0.139. The first kappa shape index (κ1) is 20.7. The van der Waals surface area contributed by atoms with Crippen LogP contribution in [0, 0.1) is 6.92 Å². The number of pyridine rings is 1. The van der Waals surface area contributed by atoms with Crippen LogP contribution in [0.4, 0.5) is 11.5 Å². The van der Waals surface area contributed by atoms with E-state index < -0.39 is 6.10 Å². The molecule has 3 aromatic rings. The standard InChI is InChI=1S/C24H24ClN5O2/c1-15-10-19(29-23-14-26-6-7-27-23)13-20(28-15)16-4-8-30(9-5-16)24(31)22-12-17-11-18(25)2-3-21(17)32-22/h2-3,6-7,10-11,13-14,16,22H,4-5,8-9,12H2,1H3,(H,27,28,29).